The van der Waals surface area contributed by atoms with Crippen LogP contribution in [0.15, 0.2) is 18.2 Å². The summed E-state index contributed by atoms with van der Waals surface area (Å²) in [6.45, 7) is 11.4. The molecule has 2 aliphatic rings. The highest BCUT2D eigenvalue weighted by Gasteiger charge is 2.52. The second kappa shape index (κ2) is 6.20. The van der Waals surface area contributed by atoms with Gasteiger partial charge in [-0.25, -0.2) is 0 Å². The number of carbonyl (C=O) groups is 1. The molecule has 0 N–H and O–H groups in total. The number of hydrogen-bond acceptors (Lipinski definition) is 2. The SMILES string of the molecule is CC(=O)OCC1(C)CCCC2(C)c3ccc(C(C)C)cc3CCC12. The minimum absolute atomic E-state index is 0.104. The van der Waals surface area contributed by atoms with Gasteiger partial charge in [-0.15, -0.1) is 0 Å². The Hall–Kier alpha value is -1.31. The summed E-state index contributed by atoms with van der Waals surface area (Å²) in [7, 11) is 0. The zero-order chi connectivity index (χ0) is 17.5. The molecule has 24 heavy (non-hydrogen) atoms. The van der Waals surface area contributed by atoms with E-state index in [1.54, 1.807) is 11.1 Å². The molecule has 3 rings (SSSR count). The predicted octanol–water partition coefficient (Wildman–Crippen LogP) is 5.38. The lowest BCUT2D eigenvalue weighted by molar-refractivity contribution is -0.148. The molecule has 0 radical (unpaired) electrons. The highest BCUT2D eigenvalue weighted by atomic mass is 16.5. The summed E-state index contributed by atoms with van der Waals surface area (Å²) < 4.78 is 5.48. The molecule has 2 nitrogen and oxygen atoms in total. The standard InChI is InChI=1S/C22H32O2/c1-15(2)17-7-9-19-18(13-17)8-10-20-21(4,14-24-16(3)23)11-6-12-22(19,20)5/h7,9,13,15,20H,6,8,10-12,14H2,1-5H3. The third kappa shape index (κ3) is 2.89. The maximum atomic E-state index is 11.3. The fourth-order valence-electron chi connectivity index (χ4n) is 5.44. The van der Waals surface area contributed by atoms with Crippen molar-refractivity contribution < 1.29 is 9.53 Å². The summed E-state index contributed by atoms with van der Waals surface area (Å²) in [4.78, 5) is 11.3. The van der Waals surface area contributed by atoms with Crippen LogP contribution in [0.25, 0.3) is 0 Å². The van der Waals surface area contributed by atoms with Crippen LogP contribution in [0.3, 0.4) is 0 Å². The van der Waals surface area contributed by atoms with E-state index in [2.05, 4.69) is 45.9 Å². The highest BCUT2D eigenvalue weighted by Crippen LogP contribution is 2.57. The average molecular weight is 328 g/mol. The Labute approximate surface area is 147 Å². The highest BCUT2D eigenvalue weighted by molar-refractivity contribution is 5.65. The second-order valence-electron chi connectivity index (χ2n) is 8.87. The molecule has 1 fully saturated rings. The van der Waals surface area contributed by atoms with Crippen LogP contribution < -0.4 is 0 Å². The number of esters is 1. The van der Waals surface area contributed by atoms with Gasteiger partial charge in [0.1, 0.15) is 0 Å². The quantitative estimate of drug-likeness (QED) is 0.696. The number of ether oxygens (including phenoxy) is 1. The van der Waals surface area contributed by atoms with Crippen molar-refractivity contribution in [1.29, 1.82) is 0 Å². The van der Waals surface area contributed by atoms with Gasteiger partial charge in [0.15, 0.2) is 0 Å². The first kappa shape index (κ1) is 17.5. The lowest BCUT2D eigenvalue weighted by atomic mass is 9.50. The normalized spacial score (nSPS) is 32.2. The molecule has 2 aliphatic carbocycles. The van der Waals surface area contributed by atoms with Crippen molar-refractivity contribution in [3.8, 4) is 0 Å². The molecule has 0 spiro atoms. The van der Waals surface area contributed by atoms with E-state index in [-0.39, 0.29) is 16.8 Å². The Bertz CT molecular complexity index is 633. The lowest BCUT2D eigenvalue weighted by Gasteiger charge is -2.55. The fraction of sp³-hybridized carbons (Fsp3) is 0.682. The number of aryl methyl sites for hydroxylation is 1. The van der Waals surface area contributed by atoms with Gasteiger partial charge in [0.2, 0.25) is 0 Å². The van der Waals surface area contributed by atoms with Gasteiger partial charge in [-0.2, -0.15) is 0 Å². The van der Waals surface area contributed by atoms with E-state index >= 15 is 0 Å². The van der Waals surface area contributed by atoms with Gasteiger partial charge < -0.3 is 4.74 Å². The number of fused-ring (bicyclic) bond motifs is 3. The van der Waals surface area contributed by atoms with Crippen molar-refractivity contribution in [2.45, 2.75) is 78.1 Å². The Kier molecular flexibility index (Phi) is 4.53. The molecule has 2 heteroatoms. The summed E-state index contributed by atoms with van der Waals surface area (Å²) in [5.41, 5.74) is 4.88. The molecule has 0 amide bonds. The maximum Gasteiger partial charge on any atom is 0.302 e. The van der Waals surface area contributed by atoms with Crippen LogP contribution in [-0.2, 0) is 21.4 Å². The van der Waals surface area contributed by atoms with Crippen LogP contribution in [0, 0.1) is 11.3 Å². The van der Waals surface area contributed by atoms with Crippen LogP contribution >= 0.6 is 0 Å². The topological polar surface area (TPSA) is 26.3 Å². The first-order valence-corrected chi connectivity index (χ1v) is 9.53. The van der Waals surface area contributed by atoms with Crippen LogP contribution in [0.5, 0.6) is 0 Å². The van der Waals surface area contributed by atoms with Crippen molar-refractivity contribution in [2.75, 3.05) is 6.61 Å². The lowest BCUT2D eigenvalue weighted by Crippen LogP contribution is -2.51. The predicted molar refractivity (Wildman–Crippen MR) is 98.3 cm³/mol. The van der Waals surface area contributed by atoms with Crippen molar-refractivity contribution in [3.05, 3.63) is 34.9 Å². The molecule has 1 saturated carbocycles. The van der Waals surface area contributed by atoms with Crippen molar-refractivity contribution in [1.82, 2.24) is 0 Å². The van der Waals surface area contributed by atoms with E-state index in [1.165, 1.54) is 38.2 Å². The first-order valence-electron chi connectivity index (χ1n) is 9.53. The molecule has 0 heterocycles. The van der Waals surface area contributed by atoms with E-state index in [0.717, 1.165) is 6.42 Å². The third-order valence-corrected chi connectivity index (χ3v) is 6.77. The summed E-state index contributed by atoms with van der Waals surface area (Å²) in [6, 6.07) is 7.17. The molecule has 0 saturated heterocycles. The van der Waals surface area contributed by atoms with E-state index in [1.807, 2.05) is 0 Å². The minimum Gasteiger partial charge on any atom is -0.465 e. The summed E-state index contributed by atoms with van der Waals surface area (Å²) >= 11 is 0. The minimum atomic E-state index is -0.152. The van der Waals surface area contributed by atoms with Gasteiger partial charge in [-0.05, 0) is 59.6 Å². The molecular formula is C22H32O2. The smallest absolute Gasteiger partial charge is 0.302 e. The molecule has 0 aliphatic heterocycles. The molecule has 0 bridgehead atoms. The van der Waals surface area contributed by atoms with Crippen molar-refractivity contribution >= 4 is 5.97 Å². The number of rotatable bonds is 3. The number of hydrogen-bond donors (Lipinski definition) is 0. The summed E-state index contributed by atoms with van der Waals surface area (Å²) in [5, 5.41) is 0. The van der Waals surface area contributed by atoms with Gasteiger partial charge in [0, 0.05) is 12.3 Å². The molecule has 3 atom stereocenters. The molecule has 1 aromatic rings. The van der Waals surface area contributed by atoms with Crippen molar-refractivity contribution in [3.63, 3.8) is 0 Å². The Morgan fingerprint density at radius 1 is 1.29 bits per heavy atom. The van der Waals surface area contributed by atoms with Crippen LogP contribution in [0.1, 0.15) is 82.9 Å². The first-order chi connectivity index (χ1) is 11.3. The zero-order valence-electron chi connectivity index (χ0n) is 15.9. The van der Waals surface area contributed by atoms with Gasteiger partial charge in [-0.3, -0.25) is 4.79 Å². The van der Waals surface area contributed by atoms with E-state index < -0.39 is 0 Å². The second-order valence-corrected chi connectivity index (χ2v) is 8.87. The Morgan fingerprint density at radius 3 is 2.71 bits per heavy atom. The average Bonchev–Trinajstić information content (AvgIpc) is 2.52. The summed E-state index contributed by atoms with van der Waals surface area (Å²) in [5.74, 6) is 1.03. The van der Waals surface area contributed by atoms with Gasteiger partial charge >= 0.3 is 5.97 Å². The fourth-order valence-corrected chi connectivity index (χ4v) is 5.44. The third-order valence-electron chi connectivity index (χ3n) is 6.77. The molecule has 132 valence electrons. The number of carbonyl (C=O) groups excluding carboxylic acids is 1. The largest absolute Gasteiger partial charge is 0.465 e. The number of benzene rings is 1. The Morgan fingerprint density at radius 2 is 2.04 bits per heavy atom. The van der Waals surface area contributed by atoms with Gasteiger partial charge in [-0.1, -0.05) is 52.3 Å². The Balaban J connectivity index is 1.95. The maximum absolute atomic E-state index is 11.3. The molecular weight excluding hydrogens is 296 g/mol. The van der Waals surface area contributed by atoms with Crippen molar-refractivity contribution in [2.24, 2.45) is 11.3 Å². The van der Waals surface area contributed by atoms with E-state index in [9.17, 15) is 4.79 Å². The molecule has 0 aromatic heterocycles. The molecule has 1 aromatic carbocycles. The van der Waals surface area contributed by atoms with E-state index in [0.29, 0.717) is 18.4 Å². The van der Waals surface area contributed by atoms with Gasteiger partial charge in [0.05, 0.1) is 6.61 Å². The molecule has 3 unspecified atom stereocenters. The van der Waals surface area contributed by atoms with Crippen LogP contribution in [-0.4, -0.2) is 12.6 Å². The van der Waals surface area contributed by atoms with E-state index in [4.69, 9.17) is 4.74 Å². The van der Waals surface area contributed by atoms with Crippen LogP contribution in [0.2, 0.25) is 0 Å². The van der Waals surface area contributed by atoms with Crippen LogP contribution in [0.4, 0.5) is 0 Å². The zero-order valence-corrected chi connectivity index (χ0v) is 15.9. The van der Waals surface area contributed by atoms with Gasteiger partial charge in [0.25, 0.3) is 0 Å². The summed E-state index contributed by atoms with van der Waals surface area (Å²) in [6.07, 6.45) is 6.01. The monoisotopic (exact) mass is 328 g/mol.